The predicted octanol–water partition coefficient (Wildman–Crippen LogP) is 1.42. The van der Waals surface area contributed by atoms with Crippen LogP contribution in [-0.2, 0) is 0 Å². The molecular weight excluding hydrogens is 139 g/mol. The van der Waals surface area contributed by atoms with Gasteiger partial charge in [0.05, 0.1) is 0 Å². The van der Waals surface area contributed by atoms with Crippen LogP contribution in [0.2, 0.25) is 5.32 Å². The monoisotopic (exact) mass is 148 g/mol. The van der Waals surface area contributed by atoms with E-state index < -0.39 is 0 Å². The van der Waals surface area contributed by atoms with Crippen molar-refractivity contribution < 1.29 is 0 Å². The SMILES string of the molecule is C1=C[Se]CCC1. The molecule has 1 rings (SSSR count). The zero-order chi connectivity index (χ0) is 4.24. The zero-order valence-electron chi connectivity index (χ0n) is 3.68. The van der Waals surface area contributed by atoms with E-state index in [0.29, 0.717) is 0 Å². The Morgan fingerprint density at radius 3 is 2.67 bits per heavy atom. The van der Waals surface area contributed by atoms with Crippen LogP contribution in [0.25, 0.3) is 0 Å². The summed E-state index contributed by atoms with van der Waals surface area (Å²) in [6.45, 7) is 0. The third-order valence-corrected chi connectivity index (χ3v) is 2.73. The van der Waals surface area contributed by atoms with Crippen molar-refractivity contribution in [2.45, 2.75) is 18.2 Å². The van der Waals surface area contributed by atoms with Gasteiger partial charge in [0, 0.05) is 0 Å². The molecule has 0 fully saturated rings. The summed E-state index contributed by atoms with van der Waals surface area (Å²) in [6.07, 6.45) is 5.07. The topological polar surface area (TPSA) is 0 Å². The molecule has 0 nitrogen and oxygen atoms in total. The molecular formula is C5H8Se. The minimum absolute atomic E-state index is 0.873. The van der Waals surface area contributed by atoms with Crippen LogP contribution in [-0.4, -0.2) is 15.0 Å². The molecule has 0 N–H and O–H groups in total. The van der Waals surface area contributed by atoms with Crippen molar-refractivity contribution in [3.8, 4) is 0 Å². The summed E-state index contributed by atoms with van der Waals surface area (Å²) in [6, 6.07) is 0. The minimum atomic E-state index is 0.873. The average Bonchev–Trinajstić information content (AvgIpc) is 1.72. The Morgan fingerprint density at radius 1 is 1.50 bits per heavy atom. The van der Waals surface area contributed by atoms with E-state index in [4.69, 9.17) is 0 Å². The first-order valence-corrected chi connectivity index (χ1v) is 4.47. The third-order valence-electron chi connectivity index (χ3n) is 0.825. The summed E-state index contributed by atoms with van der Waals surface area (Å²) in [5.41, 5.74) is 0. The number of hydrogen-bond donors (Lipinski definition) is 0. The van der Waals surface area contributed by atoms with Crippen molar-refractivity contribution in [1.82, 2.24) is 0 Å². The molecule has 1 heteroatoms. The summed E-state index contributed by atoms with van der Waals surface area (Å²) in [5.74, 6) is 0. The summed E-state index contributed by atoms with van der Waals surface area (Å²) >= 11 is 0.873. The first-order valence-electron chi connectivity index (χ1n) is 2.27. The van der Waals surface area contributed by atoms with Gasteiger partial charge in [0.1, 0.15) is 0 Å². The Hall–Kier alpha value is 0.259. The zero-order valence-corrected chi connectivity index (χ0v) is 5.40. The molecule has 0 atom stereocenters. The fraction of sp³-hybridized carbons (Fsp3) is 0.600. The molecule has 0 radical (unpaired) electrons. The van der Waals surface area contributed by atoms with Crippen molar-refractivity contribution in [2.24, 2.45) is 0 Å². The van der Waals surface area contributed by atoms with Crippen LogP contribution in [0.3, 0.4) is 0 Å². The van der Waals surface area contributed by atoms with E-state index in [-0.39, 0.29) is 0 Å². The third kappa shape index (κ3) is 1.15. The molecule has 0 saturated heterocycles. The van der Waals surface area contributed by atoms with Gasteiger partial charge in [-0.05, 0) is 0 Å². The van der Waals surface area contributed by atoms with Gasteiger partial charge in [-0.3, -0.25) is 0 Å². The maximum absolute atomic E-state index is 2.33. The second-order valence-corrected chi connectivity index (χ2v) is 3.51. The number of rotatable bonds is 0. The Balaban J connectivity index is 2.26. The van der Waals surface area contributed by atoms with E-state index in [2.05, 4.69) is 11.1 Å². The van der Waals surface area contributed by atoms with E-state index in [9.17, 15) is 0 Å². The molecule has 0 aromatic rings. The van der Waals surface area contributed by atoms with Crippen LogP contribution in [0.1, 0.15) is 12.8 Å². The molecule has 0 aromatic heterocycles. The summed E-state index contributed by atoms with van der Waals surface area (Å²) in [5, 5.41) is 1.48. The van der Waals surface area contributed by atoms with Crippen molar-refractivity contribution in [1.29, 1.82) is 0 Å². The van der Waals surface area contributed by atoms with E-state index in [1.165, 1.54) is 18.2 Å². The van der Waals surface area contributed by atoms with E-state index in [1.807, 2.05) is 0 Å². The number of allylic oxidation sites excluding steroid dienone is 1. The Labute approximate surface area is 44.8 Å². The second kappa shape index (κ2) is 2.44. The van der Waals surface area contributed by atoms with E-state index >= 15 is 0 Å². The van der Waals surface area contributed by atoms with Crippen molar-refractivity contribution in [2.75, 3.05) is 0 Å². The van der Waals surface area contributed by atoms with Crippen LogP contribution >= 0.6 is 0 Å². The van der Waals surface area contributed by atoms with Gasteiger partial charge in [-0.2, -0.15) is 0 Å². The molecule has 0 unspecified atom stereocenters. The van der Waals surface area contributed by atoms with Crippen LogP contribution in [0, 0.1) is 0 Å². The van der Waals surface area contributed by atoms with Gasteiger partial charge in [0.15, 0.2) is 0 Å². The molecule has 0 saturated carbocycles. The second-order valence-electron chi connectivity index (χ2n) is 1.38. The average molecular weight is 147 g/mol. The molecule has 0 aromatic carbocycles. The number of hydrogen-bond acceptors (Lipinski definition) is 0. The van der Waals surface area contributed by atoms with Gasteiger partial charge in [-0.15, -0.1) is 0 Å². The van der Waals surface area contributed by atoms with Crippen LogP contribution in [0.5, 0.6) is 0 Å². The van der Waals surface area contributed by atoms with Gasteiger partial charge >= 0.3 is 44.2 Å². The Kier molecular flexibility index (Phi) is 1.79. The predicted molar refractivity (Wildman–Crippen MR) is 28.9 cm³/mol. The van der Waals surface area contributed by atoms with Gasteiger partial charge in [0.25, 0.3) is 0 Å². The van der Waals surface area contributed by atoms with E-state index in [1.54, 1.807) is 0 Å². The molecule has 1 aliphatic rings. The van der Waals surface area contributed by atoms with E-state index in [0.717, 1.165) is 15.0 Å². The summed E-state index contributed by atoms with van der Waals surface area (Å²) in [4.78, 5) is 2.33. The Morgan fingerprint density at radius 2 is 2.50 bits per heavy atom. The molecule has 1 aliphatic heterocycles. The standard InChI is InChI=1S/C5H8Se/c1-2-4-6-5-3-1/h2,4H,1,3,5H2. The normalized spacial score (nSPS) is 21.3. The van der Waals surface area contributed by atoms with Crippen LogP contribution < -0.4 is 0 Å². The first-order chi connectivity index (χ1) is 3.00. The van der Waals surface area contributed by atoms with Gasteiger partial charge in [0.2, 0.25) is 0 Å². The summed E-state index contributed by atoms with van der Waals surface area (Å²) < 4.78 is 0. The van der Waals surface area contributed by atoms with Crippen molar-refractivity contribution >= 4 is 15.0 Å². The molecule has 6 heavy (non-hydrogen) atoms. The molecule has 0 bridgehead atoms. The first kappa shape index (κ1) is 4.42. The van der Waals surface area contributed by atoms with Gasteiger partial charge in [-0.1, -0.05) is 0 Å². The molecule has 0 spiro atoms. The quantitative estimate of drug-likeness (QED) is 0.454. The summed E-state index contributed by atoms with van der Waals surface area (Å²) in [7, 11) is 0. The maximum atomic E-state index is 2.33. The van der Waals surface area contributed by atoms with Crippen LogP contribution in [0.4, 0.5) is 0 Å². The Bertz CT molecular complexity index is 49.0. The van der Waals surface area contributed by atoms with Crippen LogP contribution in [0.15, 0.2) is 11.1 Å². The van der Waals surface area contributed by atoms with Gasteiger partial charge < -0.3 is 0 Å². The van der Waals surface area contributed by atoms with Gasteiger partial charge in [-0.25, -0.2) is 0 Å². The molecule has 0 amide bonds. The fourth-order valence-electron chi connectivity index (χ4n) is 0.489. The molecule has 0 aliphatic carbocycles. The molecule has 34 valence electrons. The fourth-order valence-corrected chi connectivity index (χ4v) is 2.04. The van der Waals surface area contributed by atoms with Crippen molar-refractivity contribution in [3.63, 3.8) is 0 Å². The van der Waals surface area contributed by atoms with Crippen molar-refractivity contribution in [3.05, 3.63) is 11.1 Å². The molecule has 1 heterocycles.